The van der Waals surface area contributed by atoms with Crippen LogP contribution in [0.3, 0.4) is 0 Å². The highest BCUT2D eigenvalue weighted by Crippen LogP contribution is 2.34. The van der Waals surface area contributed by atoms with Crippen LogP contribution in [0.2, 0.25) is 0 Å². The molecule has 3 unspecified atom stereocenters. The minimum atomic E-state index is 0.105. The lowest BCUT2D eigenvalue weighted by Crippen LogP contribution is -2.32. The van der Waals surface area contributed by atoms with Crippen molar-refractivity contribution in [2.45, 2.75) is 44.7 Å². The molecule has 2 aliphatic rings. The van der Waals surface area contributed by atoms with Gasteiger partial charge in [0.05, 0.1) is 18.2 Å². The van der Waals surface area contributed by atoms with Crippen LogP contribution in [0, 0.1) is 5.92 Å². The number of benzene rings is 1. The van der Waals surface area contributed by atoms with Gasteiger partial charge in [-0.1, -0.05) is 19.1 Å². The number of rotatable bonds is 5. The second kappa shape index (κ2) is 5.83. The predicted octanol–water partition coefficient (Wildman–Crippen LogP) is 2.55. The Bertz CT molecular complexity index is 489. The standard InChI is InChI=1S/C16H22N2O2/c1-2-9-20-15-6-4-3-5-14(15)18-16(19)12-10-11-7-8-13(12)17-11/h3-6,11-13,17H,2,7-10H2,1H3,(H,18,19). The molecule has 0 radical (unpaired) electrons. The first kappa shape index (κ1) is 13.4. The zero-order valence-corrected chi connectivity index (χ0v) is 11.9. The van der Waals surface area contributed by atoms with Crippen LogP contribution in [0.15, 0.2) is 24.3 Å². The van der Waals surface area contributed by atoms with E-state index in [1.165, 1.54) is 6.42 Å². The van der Waals surface area contributed by atoms with Crippen LogP contribution in [0.5, 0.6) is 5.75 Å². The first-order valence-electron chi connectivity index (χ1n) is 7.56. The van der Waals surface area contributed by atoms with E-state index >= 15 is 0 Å². The van der Waals surface area contributed by atoms with Crippen LogP contribution >= 0.6 is 0 Å². The minimum Gasteiger partial charge on any atom is -0.491 e. The third kappa shape index (κ3) is 2.66. The van der Waals surface area contributed by atoms with E-state index in [-0.39, 0.29) is 11.8 Å². The van der Waals surface area contributed by atoms with Gasteiger partial charge in [0.1, 0.15) is 5.75 Å². The highest BCUT2D eigenvalue weighted by Gasteiger charge is 2.42. The number of amides is 1. The molecule has 1 aromatic rings. The third-order valence-corrected chi connectivity index (χ3v) is 4.24. The summed E-state index contributed by atoms with van der Waals surface area (Å²) < 4.78 is 5.68. The molecule has 0 aromatic heterocycles. The van der Waals surface area contributed by atoms with E-state index in [0.717, 1.165) is 30.7 Å². The van der Waals surface area contributed by atoms with Gasteiger partial charge in [0.25, 0.3) is 0 Å². The normalized spacial score (nSPS) is 27.6. The summed E-state index contributed by atoms with van der Waals surface area (Å²) in [4.78, 5) is 12.4. The Morgan fingerprint density at radius 3 is 2.95 bits per heavy atom. The molecular weight excluding hydrogens is 252 g/mol. The highest BCUT2D eigenvalue weighted by molar-refractivity contribution is 5.94. The number of anilines is 1. The number of carbonyl (C=O) groups excluding carboxylic acids is 1. The van der Waals surface area contributed by atoms with Gasteiger partial charge >= 0.3 is 0 Å². The molecule has 2 N–H and O–H groups in total. The number of hydrogen-bond acceptors (Lipinski definition) is 3. The zero-order chi connectivity index (χ0) is 13.9. The molecule has 2 fully saturated rings. The number of para-hydroxylation sites is 2. The summed E-state index contributed by atoms with van der Waals surface area (Å²) in [7, 11) is 0. The fourth-order valence-electron chi connectivity index (χ4n) is 3.25. The molecule has 4 heteroatoms. The van der Waals surface area contributed by atoms with Gasteiger partial charge in [0, 0.05) is 12.1 Å². The average Bonchev–Trinajstić information content (AvgIpc) is 3.09. The summed E-state index contributed by atoms with van der Waals surface area (Å²) >= 11 is 0. The molecule has 20 heavy (non-hydrogen) atoms. The zero-order valence-electron chi connectivity index (χ0n) is 11.9. The Labute approximate surface area is 119 Å². The SMILES string of the molecule is CCCOc1ccccc1NC(=O)C1CC2CCC1N2. The van der Waals surface area contributed by atoms with Crippen LogP contribution in [-0.2, 0) is 4.79 Å². The summed E-state index contributed by atoms with van der Waals surface area (Å²) in [6.45, 7) is 2.74. The monoisotopic (exact) mass is 274 g/mol. The van der Waals surface area contributed by atoms with E-state index in [1.807, 2.05) is 24.3 Å². The lowest BCUT2D eigenvalue weighted by Gasteiger charge is -2.20. The third-order valence-electron chi connectivity index (χ3n) is 4.24. The molecule has 3 rings (SSSR count). The van der Waals surface area contributed by atoms with Gasteiger partial charge < -0.3 is 15.4 Å². The average molecular weight is 274 g/mol. The molecule has 0 saturated carbocycles. The van der Waals surface area contributed by atoms with Gasteiger partial charge in [0.2, 0.25) is 5.91 Å². The first-order chi connectivity index (χ1) is 9.78. The Kier molecular flexibility index (Phi) is 3.92. The Balaban J connectivity index is 1.66. The van der Waals surface area contributed by atoms with Crippen molar-refractivity contribution in [3.05, 3.63) is 24.3 Å². The Hall–Kier alpha value is -1.55. The molecule has 1 aromatic carbocycles. The largest absolute Gasteiger partial charge is 0.491 e. The van der Waals surface area contributed by atoms with Crippen molar-refractivity contribution in [1.82, 2.24) is 5.32 Å². The fraction of sp³-hybridized carbons (Fsp3) is 0.562. The smallest absolute Gasteiger partial charge is 0.229 e. The van der Waals surface area contributed by atoms with Crippen molar-refractivity contribution in [3.8, 4) is 5.75 Å². The summed E-state index contributed by atoms with van der Waals surface area (Å²) in [5.41, 5.74) is 0.786. The molecule has 0 aliphatic carbocycles. The van der Waals surface area contributed by atoms with Crippen molar-refractivity contribution in [2.24, 2.45) is 5.92 Å². The van der Waals surface area contributed by atoms with Crippen LogP contribution in [-0.4, -0.2) is 24.6 Å². The van der Waals surface area contributed by atoms with Crippen LogP contribution < -0.4 is 15.4 Å². The van der Waals surface area contributed by atoms with Gasteiger partial charge in [-0.3, -0.25) is 4.79 Å². The maximum atomic E-state index is 12.4. The molecule has 3 atom stereocenters. The van der Waals surface area contributed by atoms with Crippen molar-refractivity contribution >= 4 is 11.6 Å². The van der Waals surface area contributed by atoms with Gasteiger partial charge in [-0.05, 0) is 37.8 Å². The van der Waals surface area contributed by atoms with Gasteiger partial charge in [0.15, 0.2) is 0 Å². The quantitative estimate of drug-likeness (QED) is 0.867. The van der Waals surface area contributed by atoms with E-state index in [0.29, 0.717) is 18.7 Å². The first-order valence-corrected chi connectivity index (χ1v) is 7.56. The Morgan fingerprint density at radius 1 is 1.40 bits per heavy atom. The van der Waals surface area contributed by atoms with Crippen molar-refractivity contribution in [3.63, 3.8) is 0 Å². The van der Waals surface area contributed by atoms with E-state index in [2.05, 4.69) is 17.6 Å². The lowest BCUT2D eigenvalue weighted by molar-refractivity contribution is -0.120. The van der Waals surface area contributed by atoms with Crippen molar-refractivity contribution in [1.29, 1.82) is 0 Å². The van der Waals surface area contributed by atoms with Crippen LogP contribution in [0.1, 0.15) is 32.6 Å². The Morgan fingerprint density at radius 2 is 2.25 bits per heavy atom. The van der Waals surface area contributed by atoms with E-state index in [9.17, 15) is 4.79 Å². The number of carbonyl (C=O) groups is 1. The molecule has 2 aliphatic heterocycles. The number of hydrogen-bond donors (Lipinski definition) is 2. The van der Waals surface area contributed by atoms with Crippen LogP contribution in [0.25, 0.3) is 0 Å². The molecule has 4 nitrogen and oxygen atoms in total. The topological polar surface area (TPSA) is 50.4 Å². The summed E-state index contributed by atoms with van der Waals surface area (Å²) in [5.74, 6) is 0.990. The van der Waals surface area contributed by atoms with Gasteiger partial charge in [-0.25, -0.2) is 0 Å². The second-order valence-electron chi connectivity index (χ2n) is 5.72. The molecule has 2 saturated heterocycles. The minimum absolute atomic E-state index is 0.105. The molecule has 108 valence electrons. The van der Waals surface area contributed by atoms with Crippen LogP contribution in [0.4, 0.5) is 5.69 Å². The molecule has 2 heterocycles. The summed E-state index contributed by atoms with van der Waals surface area (Å²) in [5, 5.41) is 6.54. The number of ether oxygens (including phenoxy) is 1. The summed E-state index contributed by atoms with van der Waals surface area (Å²) in [6.07, 6.45) is 4.26. The maximum Gasteiger partial charge on any atom is 0.229 e. The molecular formula is C16H22N2O2. The van der Waals surface area contributed by atoms with E-state index in [4.69, 9.17) is 4.74 Å². The predicted molar refractivity (Wildman–Crippen MR) is 78.9 cm³/mol. The van der Waals surface area contributed by atoms with Crippen molar-refractivity contribution < 1.29 is 9.53 Å². The summed E-state index contributed by atoms with van der Waals surface area (Å²) in [6, 6.07) is 8.58. The highest BCUT2D eigenvalue weighted by atomic mass is 16.5. The number of fused-ring (bicyclic) bond motifs is 2. The second-order valence-corrected chi connectivity index (χ2v) is 5.72. The van der Waals surface area contributed by atoms with Gasteiger partial charge in [-0.2, -0.15) is 0 Å². The molecule has 0 spiro atoms. The van der Waals surface area contributed by atoms with E-state index < -0.39 is 0 Å². The van der Waals surface area contributed by atoms with Gasteiger partial charge in [-0.15, -0.1) is 0 Å². The van der Waals surface area contributed by atoms with E-state index in [1.54, 1.807) is 0 Å². The fourth-order valence-corrected chi connectivity index (χ4v) is 3.25. The molecule has 2 bridgehead atoms. The maximum absolute atomic E-state index is 12.4. The number of nitrogens with one attached hydrogen (secondary N) is 2. The lowest BCUT2D eigenvalue weighted by atomic mass is 9.88. The molecule has 1 amide bonds. The van der Waals surface area contributed by atoms with Crippen molar-refractivity contribution in [2.75, 3.05) is 11.9 Å².